The molecule has 0 amide bonds. The Kier molecular flexibility index (Phi) is 2.20. The SMILES string of the molecule is O[C@@H]1c2ccccc2C2=C(C=CCC2)[C@@H]1O. The fourth-order valence-corrected chi connectivity index (χ4v) is 2.62. The molecule has 0 saturated carbocycles. The van der Waals surface area contributed by atoms with Crippen LogP contribution in [0.1, 0.15) is 30.1 Å². The van der Waals surface area contributed by atoms with Gasteiger partial charge in [0.2, 0.25) is 0 Å². The molecule has 2 atom stereocenters. The number of aliphatic hydroxyl groups is 2. The lowest BCUT2D eigenvalue weighted by Crippen LogP contribution is -2.26. The highest BCUT2D eigenvalue weighted by molar-refractivity contribution is 5.77. The van der Waals surface area contributed by atoms with Gasteiger partial charge >= 0.3 is 0 Å². The minimum Gasteiger partial charge on any atom is -0.385 e. The van der Waals surface area contributed by atoms with Crippen molar-refractivity contribution in [2.75, 3.05) is 0 Å². The van der Waals surface area contributed by atoms with Gasteiger partial charge in [0.1, 0.15) is 12.2 Å². The van der Waals surface area contributed by atoms with Gasteiger partial charge in [-0.3, -0.25) is 0 Å². The van der Waals surface area contributed by atoms with E-state index < -0.39 is 12.2 Å². The zero-order valence-corrected chi connectivity index (χ0v) is 8.93. The van der Waals surface area contributed by atoms with Gasteiger partial charge in [0.15, 0.2) is 0 Å². The Bertz CT molecular complexity index is 485. The summed E-state index contributed by atoms with van der Waals surface area (Å²) < 4.78 is 0. The topological polar surface area (TPSA) is 40.5 Å². The summed E-state index contributed by atoms with van der Waals surface area (Å²) >= 11 is 0. The highest BCUT2D eigenvalue weighted by atomic mass is 16.3. The molecule has 3 rings (SSSR count). The summed E-state index contributed by atoms with van der Waals surface area (Å²) in [4.78, 5) is 0. The lowest BCUT2D eigenvalue weighted by Gasteiger charge is -2.31. The van der Waals surface area contributed by atoms with Crippen molar-refractivity contribution in [2.24, 2.45) is 0 Å². The molecule has 0 fully saturated rings. The highest BCUT2D eigenvalue weighted by Crippen LogP contribution is 2.41. The first-order valence-electron chi connectivity index (χ1n) is 5.64. The van der Waals surface area contributed by atoms with Crippen LogP contribution in [0.4, 0.5) is 0 Å². The summed E-state index contributed by atoms with van der Waals surface area (Å²) in [6.07, 6.45) is 4.40. The molecule has 0 radical (unpaired) electrons. The van der Waals surface area contributed by atoms with Crippen LogP contribution in [0.15, 0.2) is 42.0 Å². The number of hydrogen-bond acceptors (Lipinski definition) is 2. The van der Waals surface area contributed by atoms with E-state index in [0.29, 0.717) is 0 Å². The molecule has 1 aromatic carbocycles. The molecule has 0 unspecified atom stereocenters. The van der Waals surface area contributed by atoms with E-state index in [2.05, 4.69) is 6.08 Å². The Labute approximate surface area is 94.5 Å². The van der Waals surface area contributed by atoms with Crippen LogP contribution in [0.3, 0.4) is 0 Å². The fourth-order valence-electron chi connectivity index (χ4n) is 2.62. The number of aliphatic hydroxyl groups excluding tert-OH is 2. The minimum atomic E-state index is -0.794. The Morgan fingerprint density at radius 3 is 2.75 bits per heavy atom. The Balaban J connectivity index is 2.24. The molecule has 2 heteroatoms. The second-order valence-corrected chi connectivity index (χ2v) is 4.35. The number of rotatable bonds is 0. The molecule has 0 heterocycles. The van der Waals surface area contributed by atoms with E-state index in [-0.39, 0.29) is 0 Å². The van der Waals surface area contributed by atoms with Gasteiger partial charge in [-0.15, -0.1) is 0 Å². The zero-order valence-electron chi connectivity index (χ0n) is 8.93. The van der Waals surface area contributed by atoms with Gasteiger partial charge in [0.25, 0.3) is 0 Å². The molecular weight excluding hydrogens is 200 g/mol. The van der Waals surface area contributed by atoms with Crippen LogP contribution in [0.5, 0.6) is 0 Å². The van der Waals surface area contributed by atoms with Crippen molar-refractivity contribution in [3.63, 3.8) is 0 Å². The van der Waals surface area contributed by atoms with Gasteiger partial charge in [-0.2, -0.15) is 0 Å². The third-order valence-electron chi connectivity index (χ3n) is 3.43. The second kappa shape index (κ2) is 3.58. The summed E-state index contributed by atoms with van der Waals surface area (Å²) in [7, 11) is 0. The van der Waals surface area contributed by atoms with E-state index in [1.807, 2.05) is 30.3 Å². The van der Waals surface area contributed by atoms with Crippen molar-refractivity contribution >= 4 is 5.57 Å². The average molecular weight is 214 g/mol. The first kappa shape index (κ1) is 9.82. The molecular formula is C14H14O2. The van der Waals surface area contributed by atoms with Crippen molar-refractivity contribution in [1.29, 1.82) is 0 Å². The van der Waals surface area contributed by atoms with E-state index in [0.717, 1.165) is 29.5 Å². The van der Waals surface area contributed by atoms with Crippen molar-refractivity contribution in [3.8, 4) is 0 Å². The maximum atomic E-state index is 10.1. The Hall–Kier alpha value is -1.38. The number of benzene rings is 1. The summed E-state index contributed by atoms with van der Waals surface area (Å²) in [6, 6.07) is 7.80. The average Bonchev–Trinajstić information content (AvgIpc) is 2.36. The molecule has 0 saturated heterocycles. The summed E-state index contributed by atoms with van der Waals surface area (Å²) in [5.41, 5.74) is 4.03. The van der Waals surface area contributed by atoms with Gasteiger partial charge in [-0.05, 0) is 35.1 Å². The summed E-state index contributed by atoms with van der Waals surface area (Å²) in [6.45, 7) is 0. The molecule has 0 bridgehead atoms. The van der Waals surface area contributed by atoms with Crippen molar-refractivity contribution in [3.05, 3.63) is 53.1 Å². The second-order valence-electron chi connectivity index (χ2n) is 4.35. The molecule has 0 aliphatic heterocycles. The van der Waals surface area contributed by atoms with Gasteiger partial charge in [-0.25, -0.2) is 0 Å². The maximum Gasteiger partial charge on any atom is 0.110 e. The Morgan fingerprint density at radius 2 is 1.88 bits per heavy atom. The maximum absolute atomic E-state index is 10.1. The van der Waals surface area contributed by atoms with Crippen molar-refractivity contribution in [2.45, 2.75) is 25.0 Å². The van der Waals surface area contributed by atoms with Gasteiger partial charge < -0.3 is 10.2 Å². The van der Waals surface area contributed by atoms with E-state index in [4.69, 9.17) is 0 Å². The highest BCUT2D eigenvalue weighted by Gasteiger charge is 2.32. The standard InChI is InChI=1S/C14H14O2/c15-13-11-7-3-1-5-9(11)10-6-2-4-8-12(10)14(13)16/h1,3-5,7-8,13-16H,2,6H2/t13-,14+/m1/s1. The lowest BCUT2D eigenvalue weighted by molar-refractivity contribution is 0.0411. The third-order valence-corrected chi connectivity index (χ3v) is 3.43. The first-order chi connectivity index (χ1) is 7.79. The minimum absolute atomic E-state index is 0.776. The van der Waals surface area contributed by atoms with E-state index in [1.54, 1.807) is 0 Å². The van der Waals surface area contributed by atoms with E-state index >= 15 is 0 Å². The smallest absolute Gasteiger partial charge is 0.110 e. The van der Waals surface area contributed by atoms with Crippen LogP contribution < -0.4 is 0 Å². The summed E-state index contributed by atoms with van der Waals surface area (Å²) in [5.74, 6) is 0. The molecule has 2 nitrogen and oxygen atoms in total. The van der Waals surface area contributed by atoms with Crippen LogP contribution in [-0.4, -0.2) is 16.3 Å². The van der Waals surface area contributed by atoms with Crippen LogP contribution in [0.2, 0.25) is 0 Å². The van der Waals surface area contributed by atoms with Crippen LogP contribution >= 0.6 is 0 Å². The number of fused-ring (bicyclic) bond motifs is 2. The monoisotopic (exact) mass is 214 g/mol. The van der Waals surface area contributed by atoms with Gasteiger partial charge in [0.05, 0.1) is 0 Å². The van der Waals surface area contributed by atoms with Gasteiger partial charge in [0, 0.05) is 0 Å². The molecule has 16 heavy (non-hydrogen) atoms. The van der Waals surface area contributed by atoms with E-state index in [1.165, 1.54) is 5.57 Å². The quantitative estimate of drug-likeness (QED) is 0.695. The van der Waals surface area contributed by atoms with Crippen LogP contribution in [-0.2, 0) is 0 Å². The van der Waals surface area contributed by atoms with Gasteiger partial charge in [-0.1, -0.05) is 36.4 Å². The molecule has 1 aromatic rings. The molecule has 0 aromatic heterocycles. The predicted octanol–water partition coefficient (Wildman–Crippen LogP) is 2.20. The van der Waals surface area contributed by atoms with Crippen LogP contribution in [0, 0.1) is 0 Å². The Morgan fingerprint density at radius 1 is 1.06 bits per heavy atom. The lowest BCUT2D eigenvalue weighted by atomic mass is 9.78. The molecule has 2 aliphatic rings. The number of hydrogen-bond donors (Lipinski definition) is 2. The van der Waals surface area contributed by atoms with Crippen molar-refractivity contribution < 1.29 is 10.2 Å². The molecule has 0 spiro atoms. The first-order valence-corrected chi connectivity index (χ1v) is 5.64. The summed E-state index contributed by atoms with van der Waals surface area (Å²) in [5, 5.41) is 20.1. The predicted molar refractivity (Wildman–Crippen MR) is 62.7 cm³/mol. The fraction of sp³-hybridized carbons (Fsp3) is 0.286. The van der Waals surface area contributed by atoms with E-state index in [9.17, 15) is 10.2 Å². The van der Waals surface area contributed by atoms with Crippen molar-refractivity contribution in [1.82, 2.24) is 0 Å². The zero-order chi connectivity index (χ0) is 11.1. The largest absolute Gasteiger partial charge is 0.385 e. The molecule has 2 N–H and O–H groups in total. The third kappa shape index (κ3) is 1.27. The van der Waals surface area contributed by atoms with Crippen LogP contribution in [0.25, 0.3) is 5.57 Å². The number of allylic oxidation sites excluding steroid dienone is 2. The molecule has 82 valence electrons. The molecule has 2 aliphatic carbocycles. The normalized spacial score (nSPS) is 27.6.